The zero-order chi connectivity index (χ0) is 12.4. The van der Waals surface area contributed by atoms with Crippen molar-refractivity contribution in [1.29, 1.82) is 0 Å². The van der Waals surface area contributed by atoms with Crippen LogP contribution >= 0.6 is 0 Å². The lowest BCUT2D eigenvalue weighted by Crippen LogP contribution is -1.89. The van der Waals surface area contributed by atoms with Crippen LogP contribution in [0.4, 0.5) is 0 Å². The van der Waals surface area contributed by atoms with E-state index in [2.05, 4.69) is 32.6 Å². The SMILES string of the molecule is C=Cc1cc(C)cc(C)c1-c1ccc(O)cc1. The summed E-state index contributed by atoms with van der Waals surface area (Å²) in [6.45, 7) is 8.05. The van der Waals surface area contributed by atoms with Crippen LogP contribution in [0.1, 0.15) is 16.7 Å². The van der Waals surface area contributed by atoms with Crippen molar-refractivity contribution >= 4 is 6.08 Å². The fourth-order valence-electron chi connectivity index (χ4n) is 2.18. The summed E-state index contributed by atoms with van der Waals surface area (Å²) in [6.07, 6.45) is 1.88. The minimum absolute atomic E-state index is 0.290. The first kappa shape index (κ1) is 11.5. The molecule has 0 aromatic heterocycles. The molecule has 2 rings (SSSR count). The van der Waals surface area contributed by atoms with Crippen LogP contribution in [0.25, 0.3) is 17.2 Å². The van der Waals surface area contributed by atoms with Crippen LogP contribution in [0.2, 0.25) is 0 Å². The number of hydrogen-bond acceptors (Lipinski definition) is 1. The van der Waals surface area contributed by atoms with Gasteiger partial charge in [-0.05, 0) is 48.2 Å². The first-order valence-corrected chi connectivity index (χ1v) is 5.65. The number of benzene rings is 2. The minimum atomic E-state index is 0.290. The molecule has 0 aliphatic carbocycles. The predicted octanol–water partition coefficient (Wildman–Crippen LogP) is 4.32. The van der Waals surface area contributed by atoms with Crippen LogP contribution < -0.4 is 0 Å². The summed E-state index contributed by atoms with van der Waals surface area (Å²) in [7, 11) is 0. The van der Waals surface area contributed by atoms with Crippen molar-refractivity contribution in [3.63, 3.8) is 0 Å². The molecule has 0 saturated carbocycles. The van der Waals surface area contributed by atoms with Gasteiger partial charge in [0.05, 0.1) is 0 Å². The van der Waals surface area contributed by atoms with Crippen LogP contribution in [0.3, 0.4) is 0 Å². The molecule has 1 nitrogen and oxygen atoms in total. The van der Waals surface area contributed by atoms with E-state index in [-0.39, 0.29) is 0 Å². The van der Waals surface area contributed by atoms with Crippen molar-refractivity contribution in [1.82, 2.24) is 0 Å². The van der Waals surface area contributed by atoms with Crippen molar-refractivity contribution in [3.05, 3.63) is 59.7 Å². The van der Waals surface area contributed by atoms with Gasteiger partial charge in [0.1, 0.15) is 5.75 Å². The highest BCUT2D eigenvalue weighted by molar-refractivity contribution is 5.78. The lowest BCUT2D eigenvalue weighted by molar-refractivity contribution is 0.475. The van der Waals surface area contributed by atoms with E-state index in [9.17, 15) is 5.11 Å². The molecule has 86 valence electrons. The van der Waals surface area contributed by atoms with Crippen molar-refractivity contribution in [2.45, 2.75) is 13.8 Å². The van der Waals surface area contributed by atoms with E-state index < -0.39 is 0 Å². The predicted molar refractivity (Wildman–Crippen MR) is 73.1 cm³/mol. The van der Waals surface area contributed by atoms with Gasteiger partial charge in [-0.1, -0.05) is 42.5 Å². The average molecular weight is 224 g/mol. The van der Waals surface area contributed by atoms with Gasteiger partial charge < -0.3 is 5.11 Å². The van der Waals surface area contributed by atoms with E-state index in [4.69, 9.17) is 0 Å². The summed E-state index contributed by atoms with van der Waals surface area (Å²) in [5, 5.41) is 9.32. The van der Waals surface area contributed by atoms with Crippen LogP contribution in [-0.4, -0.2) is 5.11 Å². The molecule has 0 spiro atoms. The standard InChI is InChI=1S/C16H16O/c1-4-13-10-11(2)9-12(3)16(13)14-5-7-15(17)8-6-14/h4-10,17H,1H2,2-3H3. The van der Waals surface area contributed by atoms with Gasteiger partial charge in [-0.15, -0.1) is 0 Å². The molecule has 1 heteroatoms. The Labute approximate surface area is 102 Å². The third-order valence-electron chi connectivity index (χ3n) is 2.89. The fraction of sp³-hybridized carbons (Fsp3) is 0.125. The van der Waals surface area contributed by atoms with Crippen LogP contribution in [0.5, 0.6) is 5.75 Å². The number of rotatable bonds is 2. The molecule has 0 amide bonds. The van der Waals surface area contributed by atoms with Gasteiger partial charge in [0.25, 0.3) is 0 Å². The molecular formula is C16H16O. The largest absolute Gasteiger partial charge is 0.508 e. The highest BCUT2D eigenvalue weighted by atomic mass is 16.3. The zero-order valence-electron chi connectivity index (χ0n) is 10.2. The summed E-state index contributed by atoms with van der Waals surface area (Å²) in [5.41, 5.74) is 5.89. The smallest absolute Gasteiger partial charge is 0.115 e. The lowest BCUT2D eigenvalue weighted by atomic mass is 9.93. The van der Waals surface area contributed by atoms with E-state index >= 15 is 0 Å². The third-order valence-corrected chi connectivity index (χ3v) is 2.89. The molecule has 1 N–H and O–H groups in total. The average Bonchev–Trinajstić information content (AvgIpc) is 2.30. The Hall–Kier alpha value is -2.02. The third kappa shape index (κ3) is 2.23. The van der Waals surface area contributed by atoms with E-state index in [1.807, 2.05) is 18.2 Å². The molecule has 0 heterocycles. The van der Waals surface area contributed by atoms with Gasteiger partial charge in [-0.2, -0.15) is 0 Å². The topological polar surface area (TPSA) is 20.2 Å². The highest BCUT2D eigenvalue weighted by Gasteiger charge is 2.07. The van der Waals surface area contributed by atoms with Gasteiger partial charge in [0.15, 0.2) is 0 Å². The van der Waals surface area contributed by atoms with Crippen LogP contribution in [0.15, 0.2) is 43.0 Å². The summed E-state index contributed by atoms with van der Waals surface area (Å²) in [4.78, 5) is 0. The van der Waals surface area contributed by atoms with Gasteiger partial charge in [0, 0.05) is 0 Å². The first-order valence-electron chi connectivity index (χ1n) is 5.65. The molecule has 0 aliphatic heterocycles. The maximum atomic E-state index is 9.32. The Balaban J connectivity index is 2.65. The molecule has 0 saturated heterocycles. The number of aryl methyl sites for hydroxylation is 2. The molecule has 0 unspecified atom stereocenters. The Kier molecular flexibility index (Phi) is 3.01. The van der Waals surface area contributed by atoms with Crippen molar-refractivity contribution in [2.75, 3.05) is 0 Å². The minimum Gasteiger partial charge on any atom is -0.508 e. The van der Waals surface area contributed by atoms with Gasteiger partial charge >= 0.3 is 0 Å². The Bertz CT molecular complexity index is 550. The number of aromatic hydroxyl groups is 1. The van der Waals surface area contributed by atoms with Gasteiger partial charge in [0.2, 0.25) is 0 Å². The van der Waals surface area contributed by atoms with E-state index in [0.29, 0.717) is 5.75 Å². The number of phenols is 1. The summed E-state index contributed by atoms with van der Waals surface area (Å²) in [6, 6.07) is 11.6. The molecule has 2 aromatic rings. The van der Waals surface area contributed by atoms with Gasteiger partial charge in [-0.25, -0.2) is 0 Å². The summed E-state index contributed by atoms with van der Waals surface area (Å²) < 4.78 is 0. The molecule has 2 aromatic carbocycles. The first-order chi connectivity index (χ1) is 8.11. The van der Waals surface area contributed by atoms with E-state index in [0.717, 1.165) is 11.1 Å². The molecular weight excluding hydrogens is 208 g/mol. The number of phenolic OH excluding ortho intramolecular Hbond substituents is 1. The fourth-order valence-corrected chi connectivity index (χ4v) is 2.18. The molecule has 0 bridgehead atoms. The maximum Gasteiger partial charge on any atom is 0.115 e. The zero-order valence-corrected chi connectivity index (χ0v) is 10.2. The van der Waals surface area contributed by atoms with Crippen LogP contribution in [-0.2, 0) is 0 Å². The molecule has 0 fully saturated rings. The monoisotopic (exact) mass is 224 g/mol. The van der Waals surface area contributed by atoms with Crippen molar-refractivity contribution < 1.29 is 5.11 Å². The lowest BCUT2D eigenvalue weighted by Gasteiger charge is -2.12. The summed E-state index contributed by atoms with van der Waals surface area (Å²) >= 11 is 0. The van der Waals surface area contributed by atoms with E-state index in [1.165, 1.54) is 16.7 Å². The Morgan fingerprint density at radius 1 is 1.06 bits per heavy atom. The van der Waals surface area contributed by atoms with E-state index in [1.54, 1.807) is 12.1 Å². The van der Waals surface area contributed by atoms with Crippen LogP contribution in [0, 0.1) is 13.8 Å². The Morgan fingerprint density at radius 3 is 2.29 bits per heavy atom. The van der Waals surface area contributed by atoms with Crippen molar-refractivity contribution in [2.24, 2.45) is 0 Å². The van der Waals surface area contributed by atoms with Gasteiger partial charge in [-0.3, -0.25) is 0 Å². The summed E-state index contributed by atoms with van der Waals surface area (Å²) in [5.74, 6) is 0.290. The molecule has 0 aliphatic rings. The second kappa shape index (κ2) is 4.46. The highest BCUT2D eigenvalue weighted by Crippen LogP contribution is 2.30. The quantitative estimate of drug-likeness (QED) is 0.805. The van der Waals surface area contributed by atoms with Crippen molar-refractivity contribution in [3.8, 4) is 16.9 Å². The maximum absolute atomic E-state index is 9.32. The normalized spacial score (nSPS) is 10.2. The second-order valence-corrected chi connectivity index (χ2v) is 4.30. The Morgan fingerprint density at radius 2 is 1.71 bits per heavy atom. The molecule has 0 atom stereocenters. The molecule has 17 heavy (non-hydrogen) atoms. The second-order valence-electron chi connectivity index (χ2n) is 4.30. The number of hydrogen-bond donors (Lipinski definition) is 1. The molecule has 0 radical (unpaired) electrons.